The summed E-state index contributed by atoms with van der Waals surface area (Å²) in [6.45, 7) is 2.65. The maximum absolute atomic E-state index is 12.5. The van der Waals surface area contributed by atoms with Crippen LogP contribution in [0.1, 0.15) is 35.2 Å². The van der Waals surface area contributed by atoms with Gasteiger partial charge in [0.2, 0.25) is 5.88 Å². The van der Waals surface area contributed by atoms with Gasteiger partial charge in [0.15, 0.2) is 0 Å². The molecule has 2 heterocycles. The van der Waals surface area contributed by atoms with Gasteiger partial charge in [0, 0.05) is 25.3 Å². The average Bonchev–Trinajstić information content (AvgIpc) is 2.68. The molecule has 2 aromatic rings. The molecule has 0 bridgehead atoms. The van der Waals surface area contributed by atoms with Gasteiger partial charge < -0.3 is 10.1 Å². The number of ether oxygens (including phenoxy) is 1. The van der Waals surface area contributed by atoms with Gasteiger partial charge in [-0.15, -0.1) is 0 Å². The topological polar surface area (TPSA) is 54.5 Å². The van der Waals surface area contributed by atoms with Crippen molar-refractivity contribution in [3.63, 3.8) is 0 Å². The first kappa shape index (κ1) is 17.4. The molecular weight excluding hydrogens is 314 g/mol. The summed E-state index contributed by atoms with van der Waals surface area (Å²) < 4.78 is 5.18. The Bertz CT molecular complexity index is 690. The lowest BCUT2D eigenvalue weighted by Crippen LogP contribution is -2.46. The van der Waals surface area contributed by atoms with Crippen LogP contribution in [0.2, 0.25) is 0 Å². The number of likely N-dealkylation sites (tertiary alicyclic amines) is 1. The van der Waals surface area contributed by atoms with Gasteiger partial charge in [-0.3, -0.25) is 9.69 Å². The first-order valence-corrected chi connectivity index (χ1v) is 8.83. The minimum atomic E-state index is -0.129. The standard InChI is InChI=1S/C20H25N3O2/c1-25-20-18(11-7-12-21-20)19(24)22-14-17-10-5-6-13-23(17)15-16-8-3-2-4-9-16/h2-4,7-9,11-12,17H,5-6,10,13-15H2,1H3,(H,22,24)/t17-/m1/s1. The Balaban J connectivity index is 1.61. The zero-order chi connectivity index (χ0) is 17.5. The van der Waals surface area contributed by atoms with E-state index in [2.05, 4.69) is 39.5 Å². The van der Waals surface area contributed by atoms with Crippen LogP contribution in [0, 0.1) is 0 Å². The smallest absolute Gasteiger partial charge is 0.256 e. The normalized spacial score (nSPS) is 17.9. The summed E-state index contributed by atoms with van der Waals surface area (Å²) in [5.41, 5.74) is 1.80. The number of nitrogens with one attached hydrogen (secondary N) is 1. The maximum Gasteiger partial charge on any atom is 0.256 e. The molecular formula is C20H25N3O2. The second-order valence-corrected chi connectivity index (χ2v) is 6.38. The molecule has 1 aliphatic rings. The molecule has 132 valence electrons. The van der Waals surface area contributed by atoms with Crippen molar-refractivity contribution >= 4 is 5.91 Å². The van der Waals surface area contributed by atoms with Crippen molar-refractivity contribution in [2.75, 3.05) is 20.2 Å². The number of carbonyl (C=O) groups excluding carboxylic acids is 1. The minimum absolute atomic E-state index is 0.129. The van der Waals surface area contributed by atoms with Gasteiger partial charge in [-0.25, -0.2) is 4.98 Å². The number of hydrogen-bond acceptors (Lipinski definition) is 4. The summed E-state index contributed by atoms with van der Waals surface area (Å²) in [4.78, 5) is 19.0. The molecule has 5 nitrogen and oxygen atoms in total. The summed E-state index contributed by atoms with van der Waals surface area (Å²) in [6, 6.07) is 14.4. The Hall–Kier alpha value is -2.40. The summed E-state index contributed by atoms with van der Waals surface area (Å²) >= 11 is 0. The van der Waals surface area contributed by atoms with Crippen LogP contribution < -0.4 is 10.1 Å². The average molecular weight is 339 g/mol. The molecule has 1 saturated heterocycles. The highest BCUT2D eigenvalue weighted by Crippen LogP contribution is 2.20. The van der Waals surface area contributed by atoms with Gasteiger partial charge in [0.05, 0.1) is 7.11 Å². The Labute approximate surface area is 149 Å². The van der Waals surface area contributed by atoms with Crippen molar-refractivity contribution in [3.05, 3.63) is 59.8 Å². The van der Waals surface area contributed by atoms with Crippen molar-refractivity contribution in [3.8, 4) is 5.88 Å². The Morgan fingerprint density at radius 3 is 2.88 bits per heavy atom. The van der Waals surface area contributed by atoms with Crippen LogP contribution in [0.25, 0.3) is 0 Å². The molecule has 1 atom stereocenters. The van der Waals surface area contributed by atoms with E-state index in [0.717, 1.165) is 19.5 Å². The SMILES string of the molecule is COc1ncccc1C(=O)NC[C@H]1CCCCN1Cc1ccccc1. The van der Waals surface area contributed by atoms with Crippen molar-refractivity contribution in [2.24, 2.45) is 0 Å². The van der Waals surface area contributed by atoms with Crippen LogP contribution in [0.5, 0.6) is 5.88 Å². The predicted octanol–water partition coefficient (Wildman–Crippen LogP) is 2.87. The molecule has 0 aliphatic carbocycles. The third kappa shape index (κ3) is 4.57. The van der Waals surface area contributed by atoms with Gasteiger partial charge in [-0.1, -0.05) is 36.8 Å². The van der Waals surface area contributed by atoms with Crippen LogP contribution in [0.4, 0.5) is 0 Å². The van der Waals surface area contributed by atoms with Crippen LogP contribution in [-0.2, 0) is 6.54 Å². The molecule has 1 aromatic heterocycles. The van der Waals surface area contributed by atoms with Gasteiger partial charge in [0.1, 0.15) is 5.56 Å². The lowest BCUT2D eigenvalue weighted by Gasteiger charge is -2.36. The number of nitrogens with zero attached hydrogens (tertiary/aromatic N) is 2. The van der Waals surface area contributed by atoms with Crippen LogP contribution in [-0.4, -0.2) is 42.0 Å². The third-order valence-electron chi connectivity index (χ3n) is 4.68. The van der Waals surface area contributed by atoms with E-state index in [-0.39, 0.29) is 5.91 Å². The highest BCUT2D eigenvalue weighted by Gasteiger charge is 2.23. The fourth-order valence-electron chi connectivity index (χ4n) is 3.35. The molecule has 0 saturated carbocycles. The number of hydrogen-bond donors (Lipinski definition) is 1. The summed E-state index contributed by atoms with van der Waals surface area (Å²) in [6.07, 6.45) is 5.16. The molecule has 0 spiro atoms. The number of pyridine rings is 1. The lowest BCUT2D eigenvalue weighted by molar-refractivity contribution is 0.0904. The van der Waals surface area contributed by atoms with E-state index >= 15 is 0 Å². The van der Waals surface area contributed by atoms with E-state index in [4.69, 9.17) is 4.74 Å². The number of carbonyl (C=O) groups is 1. The number of rotatable bonds is 6. The van der Waals surface area contributed by atoms with Gasteiger partial charge in [0.25, 0.3) is 5.91 Å². The zero-order valence-corrected chi connectivity index (χ0v) is 14.6. The fraction of sp³-hybridized carbons (Fsp3) is 0.400. The van der Waals surface area contributed by atoms with E-state index in [9.17, 15) is 4.79 Å². The van der Waals surface area contributed by atoms with Crippen molar-refractivity contribution in [2.45, 2.75) is 31.8 Å². The second kappa shape index (κ2) is 8.62. The van der Waals surface area contributed by atoms with Gasteiger partial charge in [-0.05, 0) is 37.1 Å². The number of piperidine rings is 1. The molecule has 5 heteroatoms. The quantitative estimate of drug-likeness (QED) is 0.879. The molecule has 0 radical (unpaired) electrons. The number of benzene rings is 1. The van der Waals surface area contributed by atoms with Crippen molar-refractivity contribution in [1.29, 1.82) is 0 Å². The monoisotopic (exact) mass is 339 g/mol. The Morgan fingerprint density at radius 1 is 1.24 bits per heavy atom. The first-order chi connectivity index (χ1) is 12.3. The summed E-state index contributed by atoms with van der Waals surface area (Å²) in [5, 5.41) is 3.06. The highest BCUT2D eigenvalue weighted by molar-refractivity contribution is 5.96. The molecule has 1 aliphatic heterocycles. The van der Waals surface area contributed by atoms with Crippen LogP contribution >= 0.6 is 0 Å². The molecule has 1 N–H and O–H groups in total. The van der Waals surface area contributed by atoms with Crippen molar-refractivity contribution < 1.29 is 9.53 Å². The highest BCUT2D eigenvalue weighted by atomic mass is 16.5. The van der Waals surface area contributed by atoms with E-state index in [1.165, 1.54) is 25.5 Å². The summed E-state index contributed by atoms with van der Waals surface area (Å²) in [7, 11) is 1.53. The molecule has 25 heavy (non-hydrogen) atoms. The molecule has 0 unspecified atom stereocenters. The second-order valence-electron chi connectivity index (χ2n) is 6.38. The predicted molar refractivity (Wildman–Crippen MR) is 97.6 cm³/mol. The molecule has 3 rings (SSSR count). The largest absolute Gasteiger partial charge is 0.480 e. The minimum Gasteiger partial charge on any atom is -0.480 e. The Kier molecular flexibility index (Phi) is 6.01. The molecule has 1 aromatic carbocycles. The van der Waals surface area contributed by atoms with Crippen molar-refractivity contribution in [1.82, 2.24) is 15.2 Å². The summed E-state index contributed by atoms with van der Waals surface area (Å²) in [5.74, 6) is 0.236. The van der Waals surface area contributed by atoms with E-state index in [0.29, 0.717) is 24.0 Å². The molecule has 1 fully saturated rings. The van der Waals surface area contributed by atoms with Crippen LogP contribution in [0.15, 0.2) is 48.7 Å². The fourth-order valence-corrected chi connectivity index (χ4v) is 3.35. The Morgan fingerprint density at radius 2 is 2.08 bits per heavy atom. The number of methoxy groups -OCH3 is 1. The molecule has 1 amide bonds. The maximum atomic E-state index is 12.5. The van der Waals surface area contributed by atoms with E-state index in [1.54, 1.807) is 18.3 Å². The first-order valence-electron chi connectivity index (χ1n) is 8.83. The number of amides is 1. The van der Waals surface area contributed by atoms with E-state index in [1.807, 2.05) is 6.07 Å². The van der Waals surface area contributed by atoms with Gasteiger partial charge in [-0.2, -0.15) is 0 Å². The lowest BCUT2D eigenvalue weighted by atomic mass is 10.0. The van der Waals surface area contributed by atoms with Gasteiger partial charge >= 0.3 is 0 Å². The third-order valence-corrected chi connectivity index (χ3v) is 4.68. The number of aromatic nitrogens is 1. The zero-order valence-electron chi connectivity index (χ0n) is 14.6. The van der Waals surface area contributed by atoms with E-state index < -0.39 is 0 Å². The van der Waals surface area contributed by atoms with Crippen LogP contribution in [0.3, 0.4) is 0 Å².